The molecule has 0 aliphatic carbocycles. The van der Waals surface area contributed by atoms with E-state index < -0.39 is 5.97 Å². The molecule has 12 heavy (non-hydrogen) atoms. The average Bonchev–Trinajstić information content (AvgIpc) is 1.94. The van der Waals surface area contributed by atoms with E-state index >= 15 is 0 Å². The van der Waals surface area contributed by atoms with Crippen molar-refractivity contribution in [2.24, 2.45) is 0 Å². The molecule has 0 fully saturated rings. The Morgan fingerprint density at radius 1 is 1.50 bits per heavy atom. The summed E-state index contributed by atoms with van der Waals surface area (Å²) in [5, 5.41) is 19.1. The number of phenolic OH excluding ortho intramolecular Hbond substituents is 1. The fourth-order valence-corrected chi connectivity index (χ4v) is 0.681. The van der Waals surface area contributed by atoms with E-state index in [2.05, 4.69) is 0 Å². The van der Waals surface area contributed by atoms with Crippen molar-refractivity contribution in [1.82, 2.24) is 0 Å². The number of nitrogen functional groups attached to an aromatic ring is 1. The van der Waals surface area contributed by atoms with Crippen LogP contribution < -0.4 is 79.7 Å². The van der Waals surface area contributed by atoms with Crippen LogP contribution in [0.2, 0.25) is 0 Å². The smallest absolute Gasteiger partial charge is 0.545 e. The molecular weight excluding hydrogens is 279 g/mol. The summed E-state index contributed by atoms with van der Waals surface area (Å²) in [4.78, 5) is 10.2. The summed E-state index contributed by atoms with van der Waals surface area (Å²) in [6.07, 6.45) is 0. The molecule has 0 amide bonds. The number of carboxylic acids is 1. The second-order valence-electron chi connectivity index (χ2n) is 2.06. The Labute approximate surface area is 128 Å². The first-order chi connectivity index (χ1) is 5.11. The zero-order valence-electron chi connectivity index (χ0n) is 6.57. The van der Waals surface area contributed by atoms with E-state index in [1.54, 1.807) is 0 Å². The number of nitrogens with two attached hydrogens (primary N) is 1. The molecule has 0 atom stereocenters. The number of benzene rings is 1. The molecule has 0 saturated carbocycles. The summed E-state index contributed by atoms with van der Waals surface area (Å²) >= 11 is 0. The maximum absolute atomic E-state index is 10.2. The molecule has 4 nitrogen and oxygen atoms in total. The molecule has 0 radical (unpaired) electrons. The van der Waals surface area contributed by atoms with Gasteiger partial charge in [-0.15, -0.1) is 0 Å². The van der Waals surface area contributed by atoms with Crippen LogP contribution in [0.5, 0.6) is 5.75 Å². The molecule has 0 unspecified atom stereocenters. The van der Waals surface area contributed by atoms with Crippen molar-refractivity contribution in [3.63, 3.8) is 0 Å². The van der Waals surface area contributed by atoms with E-state index in [0.717, 1.165) is 6.07 Å². The number of aromatic carboxylic acids is 1. The normalized spacial score (nSPS) is 8.67. The van der Waals surface area contributed by atoms with Crippen molar-refractivity contribution < 1.29 is 83.9 Å². The van der Waals surface area contributed by atoms with Crippen molar-refractivity contribution in [3.8, 4) is 5.75 Å². The molecule has 3 N–H and O–H groups in total. The van der Waals surface area contributed by atoms with Crippen LogP contribution in [-0.2, 0) is 0 Å². The Hall–Kier alpha value is 0.342. The first-order valence-electron chi connectivity index (χ1n) is 2.91. The van der Waals surface area contributed by atoms with Crippen LogP contribution in [0.4, 0.5) is 5.69 Å². The molecule has 0 aromatic heterocycles. The summed E-state index contributed by atoms with van der Waals surface area (Å²) in [6.45, 7) is 0. The number of hydrogen-bond acceptors (Lipinski definition) is 4. The van der Waals surface area contributed by atoms with Gasteiger partial charge in [0, 0.05) is 0 Å². The van der Waals surface area contributed by atoms with Gasteiger partial charge in [-0.05, 0) is 23.8 Å². The van der Waals surface area contributed by atoms with Crippen molar-refractivity contribution in [2.75, 3.05) is 5.73 Å². The monoisotopic (exact) mass is 285 g/mol. The number of aromatic hydroxyl groups is 1. The molecule has 1 aromatic rings. The maximum Gasteiger partial charge on any atom is 1.00 e. The van der Waals surface area contributed by atoms with E-state index in [4.69, 9.17) is 10.8 Å². The third-order valence-corrected chi connectivity index (χ3v) is 1.26. The van der Waals surface area contributed by atoms with Crippen LogP contribution in [0.3, 0.4) is 0 Å². The number of phenols is 1. The SMILES string of the molecule is Nc1cc(C(=O)[O-])ccc1O.[Cs+]. The molecule has 0 heterocycles. The van der Waals surface area contributed by atoms with Crippen LogP contribution in [-0.4, -0.2) is 11.1 Å². The van der Waals surface area contributed by atoms with Gasteiger partial charge in [-0.2, -0.15) is 0 Å². The molecule has 1 rings (SSSR count). The largest absolute Gasteiger partial charge is 1.00 e. The fraction of sp³-hybridized carbons (Fsp3) is 0. The number of carbonyl (C=O) groups excluding carboxylic acids is 1. The molecule has 5 heteroatoms. The van der Waals surface area contributed by atoms with Crippen LogP contribution in [0.15, 0.2) is 18.2 Å². The Morgan fingerprint density at radius 3 is 2.50 bits per heavy atom. The summed E-state index contributed by atoms with van der Waals surface area (Å²) < 4.78 is 0. The third kappa shape index (κ3) is 3.00. The summed E-state index contributed by atoms with van der Waals surface area (Å²) in [6, 6.07) is 3.58. The fourth-order valence-electron chi connectivity index (χ4n) is 0.681. The van der Waals surface area contributed by atoms with Gasteiger partial charge in [0.15, 0.2) is 0 Å². The summed E-state index contributed by atoms with van der Waals surface area (Å²) in [5.74, 6) is -1.44. The predicted molar refractivity (Wildman–Crippen MR) is 36.8 cm³/mol. The van der Waals surface area contributed by atoms with Gasteiger partial charge in [0.25, 0.3) is 0 Å². The van der Waals surface area contributed by atoms with Crippen molar-refractivity contribution >= 4 is 11.7 Å². The van der Waals surface area contributed by atoms with Gasteiger partial charge < -0.3 is 20.7 Å². The van der Waals surface area contributed by atoms with Crippen LogP contribution >= 0.6 is 0 Å². The maximum atomic E-state index is 10.2. The topological polar surface area (TPSA) is 86.4 Å². The summed E-state index contributed by atoms with van der Waals surface area (Å²) in [5.41, 5.74) is 5.21. The van der Waals surface area contributed by atoms with Crippen molar-refractivity contribution in [1.29, 1.82) is 0 Å². The molecule has 0 saturated heterocycles. The minimum Gasteiger partial charge on any atom is -0.545 e. The van der Waals surface area contributed by atoms with Gasteiger partial charge in [0.2, 0.25) is 0 Å². The van der Waals surface area contributed by atoms with Crippen molar-refractivity contribution in [2.45, 2.75) is 0 Å². The number of carboxylic acid groups (broad SMARTS) is 1. The van der Waals surface area contributed by atoms with Gasteiger partial charge in [-0.25, -0.2) is 0 Å². The zero-order valence-corrected chi connectivity index (χ0v) is 12.9. The summed E-state index contributed by atoms with van der Waals surface area (Å²) in [7, 11) is 0. The minimum atomic E-state index is -1.31. The standard InChI is InChI=1S/C7H7NO3.Cs/c8-5-3-4(7(10)11)1-2-6(5)9;/h1-3,9H,8H2,(H,10,11);/q;+1/p-1. The van der Waals surface area contributed by atoms with Gasteiger partial charge in [0.05, 0.1) is 11.7 Å². The number of hydrogen-bond donors (Lipinski definition) is 2. The molecule has 1 aromatic carbocycles. The van der Waals surface area contributed by atoms with Crippen molar-refractivity contribution in [3.05, 3.63) is 23.8 Å². The molecule has 0 spiro atoms. The quantitative estimate of drug-likeness (QED) is 0.411. The Balaban J connectivity index is 0.00000121. The second kappa shape index (κ2) is 5.15. The predicted octanol–water partition coefficient (Wildman–Crippen LogP) is -3.66. The van der Waals surface area contributed by atoms with Gasteiger partial charge >= 0.3 is 68.9 Å². The van der Waals surface area contributed by atoms with E-state index in [1.165, 1.54) is 12.1 Å². The Morgan fingerprint density at radius 2 is 2.08 bits per heavy atom. The van der Waals surface area contributed by atoms with Gasteiger partial charge in [0.1, 0.15) is 5.75 Å². The molecule has 0 aliphatic rings. The number of rotatable bonds is 1. The Kier molecular flexibility index (Phi) is 5.30. The molecule has 58 valence electrons. The molecule has 0 aliphatic heterocycles. The molecule has 0 bridgehead atoms. The second-order valence-corrected chi connectivity index (χ2v) is 2.06. The zero-order chi connectivity index (χ0) is 8.43. The van der Waals surface area contributed by atoms with Crippen LogP contribution in [0, 0.1) is 0 Å². The van der Waals surface area contributed by atoms with E-state index in [1.807, 2.05) is 0 Å². The van der Waals surface area contributed by atoms with E-state index in [0.29, 0.717) is 0 Å². The third-order valence-electron chi connectivity index (χ3n) is 1.26. The average molecular weight is 285 g/mol. The first-order valence-corrected chi connectivity index (χ1v) is 2.91. The van der Waals surface area contributed by atoms with E-state index in [-0.39, 0.29) is 85.9 Å². The number of anilines is 1. The van der Waals surface area contributed by atoms with Crippen LogP contribution in [0.25, 0.3) is 0 Å². The Bertz CT molecular complexity index is 301. The van der Waals surface area contributed by atoms with Crippen LogP contribution in [0.1, 0.15) is 10.4 Å². The van der Waals surface area contributed by atoms with E-state index in [9.17, 15) is 9.90 Å². The molecular formula is C7H6CsNO3. The van der Waals surface area contributed by atoms with Gasteiger partial charge in [-0.1, -0.05) is 0 Å². The van der Waals surface area contributed by atoms with Gasteiger partial charge in [-0.3, -0.25) is 0 Å². The first kappa shape index (κ1) is 12.3. The minimum absolute atomic E-state index is 0. The number of carbonyl (C=O) groups is 1.